The van der Waals surface area contributed by atoms with Gasteiger partial charge in [-0.1, -0.05) is 36.4 Å². The standard InChI is InChI=1S/C29H31N5O3/c1-29(36,21-4-3-5-23(16-21)37-2)20-9-6-18(7-10-20)25-26-27(30)31-14-15-33(26)28(32-25)19-8-11-22-12-13-24(35)34(22)17-19/h3-7,9-10,14-16,19,22,36H,8,11-13,17H2,1-2H3,(H2,30,31)/t19-,22+,29+/m1/s1. The number of ether oxygens (including phenoxy) is 1. The van der Waals surface area contributed by atoms with E-state index in [1.165, 1.54) is 0 Å². The maximum absolute atomic E-state index is 12.4. The molecule has 2 aliphatic rings. The number of hydrogen-bond donors (Lipinski definition) is 2. The number of methoxy groups -OCH3 is 1. The molecule has 4 heterocycles. The van der Waals surface area contributed by atoms with Gasteiger partial charge < -0.3 is 20.5 Å². The summed E-state index contributed by atoms with van der Waals surface area (Å²) in [5.74, 6) is 2.39. The number of nitrogen functional groups attached to an aromatic ring is 1. The minimum Gasteiger partial charge on any atom is -0.497 e. The number of hydrogen-bond acceptors (Lipinski definition) is 6. The largest absolute Gasteiger partial charge is 0.497 e. The second-order valence-electron chi connectivity index (χ2n) is 10.2. The zero-order valence-corrected chi connectivity index (χ0v) is 21.1. The molecule has 1 amide bonds. The van der Waals surface area contributed by atoms with Crippen molar-refractivity contribution in [2.24, 2.45) is 0 Å². The van der Waals surface area contributed by atoms with E-state index in [-0.39, 0.29) is 11.8 Å². The normalized spacial score (nSPS) is 21.2. The van der Waals surface area contributed by atoms with E-state index in [0.29, 0.717) is 30.6 Å². The molecule has 0 saturated carbocycles. The predicted molar refractivity (Wildman–Crippen MR) is 141 cm³/mol. The third kappa shape index (κ3) is 3.92. The molecule has 8 nitrogen and oxygen atoms in total. The monoisotopic (exact) mass is 497 g/mol. The lowest BCUT2D eigenvalue weighted by Gasteiger charge is -2.34. The number of nitrogens with zero attached hydrogens (tertiary/aromatic N) is 4. The van der Waals surface area contributed by atoms with Crippen LogP contribution in [0, 0.1) is 0 Å². The quantitative estimate of drug-likeness (QED) is 0.430. The summed E-state index contributed by atoms with van der Waals surface area (Å²) in [6.07, 6.45) is 7.18. The molecule has 3 N–H and O–H groups in total. The van der Waals surface area contributed by atoms with Crippen molar-refractivity contribution in [3.05, 3.63) is 77.9 Å². The average Bonchev–Trinajstić information content (AvgIpc) is 3.50. The Morgan fingerprint density at radius 1 is 1.11 bits per heavy atom. The number of imidazole rings is 1. The molecule has 0 bridgehead atoms. The van der Waals surface area contributed by atoms with Gasteiger partial charge in [-0.05, 0) is 49.4 Å². The zero-order valence-electron chi connectivity index (χ0n) is 21.1. The van der Waals surface area contributed by atoms with E-state index in [1.54, 1.807) is 20.2 Å². The number of carbonyl (C=O) groups excluding carboxylic acids is 1. The molecule has 190 valence electrons. The Hall–Kier alpha value is -3.91. The van der Waals surface area contributed by atoms with E-state index in [9.17, 15) is 9.90 Å². The molecule has 3 atom stereocenters. The topological polar surface area (TPSA) is 106 Å². The van der Waals surface area contributed by atoms with Crippen LogP contribution in [-0.4, -0.2) is 50.0 Å². The van der Waals surface area contributed by atoms with Crippen LogP contribution in [0.4, 0.5) is 5.82 Å². The molecule has 6 rings (SSSR count). The van der Waals surface area contributed by atoms with Gasteiger partial charge in [0.2, 0.25) is 5.91 Å². The highest BCUT2D eigenvalue weighted by Gasteiger charge is 2.38. The second kappa shape index (κ2) is 8.88. The highest BCUT2D eigenvalue weighted by Crippen LogP contribution is 2.39. The average molecular weight is 498 g/mol. The third-order valence-corrected chi connectivity index (χ3v) is 8.05. The van der Waals surface area contributed by atoms with Crippen LogP contribution in [0.3, 0.4) is 0 Å². The molecule has 2 aliphatic heterocycles. The summed E-state index contributed by atoms with van der Waals surface area (Å²) in [5.41, 5.74) is 9.07. The first kappa shape index (κ1) is 23.5. The number of anilines is 1. The molecule has 8 heteroatoms. The predicted octanol–water partition coefficient (Wildman–Crippen LogP) is 4.11. The minimum atomic E-state index is -1.20. The maximum Gasteiger partial charge on any atom is 0.222 e. The SMILES string of the molecule is COc1cccc([C@@](C)(O)c2ccc(-c3nc([C@@H]4CC[C@H]5CCC(=O)N5C4)n4ccnc(N)c34)cc2)c1. The number of nitrogens with two attached hydrogens (primary N) is 1. The molecule has 2 fully saturated rings. The summed E-state index contributed by atoms with van der Waals surface area (Å²) in [7, 11) is 1.61. The van der Waals surface area contributed by atoms with Crippen LogP contribution in [-0.2, 0) is 10.4 Å². The number of carbonyl (C=O) groups is 1. The van der Waals surface area contributed by atoms with Crippen molar-refractivity contribution >= 4 is 17.2 Å². The van der Waals surface area contributed by atoms with Gasteiger partial charge in [0.1, 0.15) is 34.2 Å². The smallest absolute Gasteiger partial charge is 0.222 e. The number of aromatic nitrogens is 3. The van der Waals surface area contributed by atoms with E-state index in [1.807, 2.05) is 64.0 Å². The van der Waals surface area contributed by atoms with Crippen molar-refractivity contribution in [3.8, 4) is 17.0 Å². The lowest BCUT2D eigenvalue weighted by atomic mass is 9.87. The fourth-order valence-electron chi connectivity index (χ4n) is 5.90. The number of amides is 1. The third-order valence-electron chi connectivity index (χ3n) is 8.05. The van der Waals surface area contributed by atoms with E-state index < -0.39 is 5.60 Å². The summed E-state index contributed by atoms with van der Waals surface area (Å²) in [4.78, 5) is 23.9. The van der Waals surface area contributed by atoms with Gasteiger partial charge in [0.25, 0.3) is 0 Å². The highest BCUT2D eigenvalue weighted by atomic mass is 16.5. The number of rotatable bonds is 5. The van der Waals surface area contributed by atoms with Crippen LogP contribution in [0.25, 0.3) is 16.8 Å². The fourth-order valence-corrected chi connectivity index (χ4v) is 5.90. The first-order valence-electron chi connectivity index (χ1n) is 12.8. The Bertz CT molecular complexity index is 1480. The van der Waals surface area contributed by atoms with Crippen LogP contribution < -0.4 is 10.5 Å². The second-order valence-corrected chi connectivity index (χ2v) is 10.2. The van der Waals surface area contributed by atoms with E-state index >= 15 is 0 Å². The maximum atomic E-state index is 12.4. The number of aliphatic hydroxyl groups is 1. The first-order chi connectivity index (χ1) is 17.9. The van der Waals surface area contributed by atoms with Gasteiger partial charge in [0, 0.05) is 42.9 Å². The molecular formula is C29H31N5O3. The Balaban J connectivity index is 1.37. The first-order valence-corrected chi connectivity index (χ1v) is 12.8. The van der Waals surface area contributed by atoms with Gasteiger partial charge in [0.05, 0.1) is 7.11 Å². The van der Waals surface area contributed by atoms with Gasteiger partial charge in [-0.2, -0.15) is 0 Å². The lowest BCUT2D eigenvalue weighted by Crippen LogP contribution is -2.41. The Labute approximate surface area is 215 Å². The summed E-state index contributed by atoms with van der Waals surface area (Å²) in [6, 6.07) is 15.6. The van der Waals surface area contributed by atoms with Crippen LogP contribution >= 0.6 is 0 Å². The molecule has 0 radical (unpaired) electrons. The van der Waals surface area contributed by atoms with Crippen molar-refractivity contribution in [3.63, 3.8) is 0 Å². The van der Waals surface area contributed by atoms with Crippen molar-refractivity contribution in [1.82, 2.24) is 19.3 Å². The Morgan fingerprint density at radius 2 is 1.92 bits per heavy atom. The minimum absolute atomic E-state index is 0.134. The molecule has 0 unspecified atom stereocenters. The Morgan fingerprint density at radius 3 is 2.70 bits per heavy atom. The van der Waals surface area contributed by atoms with Crippen LogP contribution in [0.2, 0.25) is 0 Å². The van der Waals surface area contributed by atoms with E-state index in [2.05, 4.69) is 4.98 Å². The van der Waals surface area contributed by atoms with Crippen molar-refractivity contribution in [1.29, 1.82) is 0 Å². The summed E-state index contributed by atoms with van der Waals surface area (Å²) in [5, 5.41) is 11.4. The van der Waals surface area contributed by atoms with E-state index in [0.717, 1.165) is 53.0 Å². The molecule has 2 aromatic heterocycles. The van der Waals surface area contributed by atoms with E-state index in [4.69, 9.17) is 15.5 Å². The Kier molecular flexibility index (Phi) is 5.64. The number of piperidine rings is 1. The highest BCUT2D eigenvalue weighted by molar-refractivity contribution is 5.85. The van der Waals surface area contributed by atoms with Crippen molar-refractivity contribution in [2.75, 3.05) is 19.4 Å². The number of benzene rings is 2. The molecule has 0 aliphatic carbocycles. The molecule has 37 heavy (non-hydrogen) atoms. The molecule has 4 aromatic rings. The fraction of sp³-hybridized carbons (Fsp3) is 0.345. The summed E-state index contributed by atoms with van der Waals surface area (Å²) in [6.45, 7) is 2.46. The van der Waals surface area contributed by atoms with Crippen LogP contribution in [0.15, 0.2) is 60.9 Å². The van der Waals surface area contributed by atoms with Gasteiger partial charge >= 0.3 is 0 Å². The lowest BCUT2D eigenvalue weighted by molar-refractivity contribution is -0.130. The van der Waals surface area contributed by atoms with Crippen molar-refractivity contribution < 1.29 is 14.6 Å². The van der Waals surface area contributed by atoms with Gasteiger partial charge in [0.15, 0.2) is 0 Å². The van der Waals surface area contributed by atoms with Gasteiger partial charge in [-0.3, -0.25) is 9.20 Å². The summed E-state index contributed by atoms with van der Waals surface area (Å²) >= 11 is 0. The molecule has 2 aromatic carbocycles. The molecule has 0 spiro atoms. The van der Waals surface area contributed by atoms with Crippen molar-refractivity contribution in [2.45, 2.75) is 50.2 Å². The van der Waals surface area contributed by atoms with Crippen LogP contribution in [0.1, 0.15) is 55.5 Å². The van der Waals surface area contributed by atoms with Gasteiger partial charge in [-0.25, -0.2) is 9.97 Å². The van der Waals surface area contributed by atoms with Crippen LogP contribution in [0.5, 0.6) is 5.75 Å². The molecule has 2 saturated heterocycles. The molecular weight excluding hydrogens is 466 g/mol. The zero-order chi connectivity index (χ0) is 25.7. The summed E-state index contributed by atoms with van der Waals surface area (Å²) < 4.78 is 7.37. The number of fused-ring (bicyclic) bond motifs is 2. The van der Waals surface area contributed by atoms with Gasteiger partial charge in [-0.15, -0.1) is 0 Å².